The number of anilines is 4. The Bertz CT molecular complexity index is 1130. The number of piperidine rings is 1. The summed E-state index contributed by atoms with van der Waals surface area (Å²) in [6.07, 6.45) is 4.94. The molecule has 6 rings (SSSR count). The van der Waals surface area contributed by atoms with Crippen molar-refractivity contribution in [1.82, 2.24) is 25.1 Å². The molecule has 4 N–H and O–H groups in total. The van der Waals surface area contributed by atoms with E-state index < -0.39 is 0 Å². The number of benzene rings is 1. The highest BCUT2D eigenvalue weighted by atomic mass is 32.2. The van der Waals surface area contributed by atoms with Crippen LogP contribution < -0.4 is 16.0 Å². The standard InChI is InChI=1S/C23H26N8OS/c32-22(14-1-2-14)25-16-3-5-17(6-4-16)33-23-28-20(26-18-13-31-10-8-15(18)12-31)11-21(29-23)27-19-7-9-24-30-19/h3-7,9,11,14-15,18H,1-2,8,10,12-13H2,(H,25,32)(H3,24,26,27,28,29,30)/t15?,18-/m0/s1. The van der Waals surface area contributed by atoms with Gasteiger partial charge in [-0.05, 0) is 67.8 Å². The molecule has 9 nitrogen and oxygen atoms in total. The summed E-state index contributed by atoms with van der Waals surface area (Å²) in [5, 5.41) is 17.5. The monoisotopic (exact) mass is 462 g/mol. The summed E-state index contributed by atoms with van der Waals surface area (Å²) < 4.78 is 0. The number of carbonyl (C=O) groups excluding carboxylic acids is 1. The molecule has 2 saturated heterocycles. The van der Waals surface area contributed by atoms with Crippen molar-refractivity contribution < 1.29 is 4.79 Å². The number of aromatic nitrogens is 4. The fourth-order valence-corrected chi connectivity index (χ4v) is 5.28. The molecule has 10 heteroatoms. The van der Waals surface area contributed by atoms with Gasteiger partial charge in [-0.3, -0.25) is 9.89 Å². The van der Waals surface area contributed by atoms with Gasteiger partial charge in [0.1, 0.15) is 17.5 Å². The van der Waals surface area contributed by atoms with Crippen molar-refractivity contribution in [2.45, 2.75) is 35.4 Å². The molecule has 3 atom stereocenters. The van der Waals surface area contributed by atoms with Gasteiger partial charge in [0.2, 0.25) is 5.91 Å². The van der Waals surface area contributed by atoms with Crippen molar-refractivity contribution in [2.24, 2.45) is 11.8 Å². The Balaban J connectivity index is 1.19. The van der Waals surface area contributed by atoms with Crippen molar-refractivity contribution in [2.75, 3.05) is 35.6 Å². The predicted molar refractivity (Wildman–Crippen MR) is 128 cm³/mol. The summed E-state index contributed by atoms with van der Waals surface area (Å²) in [5.74, 6) is 3.29. The van der Waals surface area contributed by atoms with Gasteiger partial charge in [0.15, 0.2) is 5.16 Å². The molecular formula is C23H26N8OS. The maximum atomic E-state index is 12.0. The van der Waals surface area contributed by atoms with Crippen LogP contribution in [0.4, 0.5) is 23.1 Å². The topological polar surface area (TPSA) is 111 Å². The fraction of sp³-hybridized carbons (Fsp3) is 0.391. The average Bonchev–Trinajstić information content (AvgIpc) is 3.16. The minimum absolute atomic E-state index is 0.115. The highest BCUT2D eigenvalue weighted by molar-refractivity contribution is 7.99. The first-order valence-electron chi connectivity index (χ1n) is 11.4. The molecule has 2 aromatic heterocycles. The number of carbonyl (C=O) groups is 1. The van der Waals surface area contributed by atoms with Gasteiger partial charge in [-0.2, -0.15) is 5.10 Å². The van der Waals surface area contributed by atoms with E-state index in [4.69, 9.17) is 9.97 Å². The first-order chi connectivity index (χ1) is 16.2. The molecule has 4 heterocycles. The molecular weight excluding hydrogens is 436 g/mol. The van der Waals surface area contributed by atoms with E-state index in [9.17, 15) is 4.79 Å². The van der Waals surface area contributed by atoms with Crippen LogP contribution in [-0.4, -0.2) is 56.6 Å². The first kappa shape index (κ1) is 20.5. The quantitative estimate of drug-likeness (QED) is 0.376. The highest BCUT2D eigenvalue weighted by Gasteiger charge is 2.38. The molecule has 3 fully saturated rings. The molecule has 33 heavy (non-hydrogen) atoms. The summed E-state index contributed by atoms with van der Waals surface area (Å²) in [6, 6.07) is 12.1. The lowest BCUT2D eigenvalue weighted by Crippen LogP contribution is -2.34. The number of nitrogens with zero attached hydrogens (tertiary/aromatic N) is 4. The van der Waals surface area contributed by atoms with Crippen LogP contribution >= 0.6 is 11.8 Å². The van der Waals surface area contributed by atoms with Gasteiger partial charge >= 0.3 is 0 Å². The minimum atomic E-state index is 0.115. The minimum Gasteiger partial charge on any atom is -0.366 e. The molecule has 3 aromatic rings. The van der Waals surface area contributed by atoms with Gasteiger partial charge < -0.3 is 20.9 Å². The molecule has 3 aliphatic rings. The predicted octanol–water partition coefficient (Wildman–Crippen LogP) is 3.56. The van der Waals surface area contributed by atoms with E-state index >= 15 is 0 Å². The Hall–Kier alpha value is -3.11. The van der Waals surface area contributed by atoms with Crippen LogP contribution in [0.15, 0.2) is 52.6 Å². The zero-order chi connectivity index (χ0) is 22.2. The number of hydrogen-bond donors (Lipinski definition) is 4. The lowest BCUT2D eigenvalue weighted by Gasteiger charge is -2.24. The van der Waals surface area contributed by atoms with Crippen molar-refractivity contribution in [1.29, 1.82) is 0 Å². The van der Waals surface area contributed by atoms with Gasteiger partial charge in [0.05, 0.1) is 6.20 Å². The van der Waals surface area contributed by atoms with Crippen LogP contribution in [0.25, 0.3) is 0 Å². The Morgan fingerprint density at radius 3 is 2.61 bits per heavy atom. The van der Waals surface area contributed by atoms with E-state index in [1.165, 1.54) is 31.3 Å². The van der Waals surface area contributed by atoms with E-state index in [0.717, 1.165) is 41.6 Å². The van der Waals surface area contributed by atoms with Crippen LogP contribution in [-0.2, 0) is 4.79 Å². The normalized spacial score (nSPS) is 23.5. The third-order valence-corrected chi connectivity index (χ3v) is 7.29. The molecule has 2 unspecified atom stereocenters. The highest BCUT2D eigenvalue weighted by Crippen LogP contribution is 2.33. The largest absolute Gasteiger partial charge is 0.366 e. The maximum absolute atomic E-state index is 12.0. The molecule has 0 radical (unpaired) electrons. The molecule has 1 amide bonds. The van der Waals surface area contributed by atoms with Crippen molar-refractivity contribution in [3.05, 3.63) is 42.6 Å². The molecule has 1 saturated carbocycles. The number of rotatable bonds is 8. The molecule has 2 aliphatic heterocycles. The van der Waals surface area contributed by atoms with E-state index in [0.29, 0.717) is 22.9 Å². The Morgan fingerprint density at radius 2 is 1.91 bits per heavy atom. The second kappa shape index (κ2) is 8.68. The second-order valence-corrected chi connectivity index (χ2v) is 10.0. The van der Waals surface area contributed by atoms with Crippen molar-refractivity contribution in [3.63, 3.8) is 0 Å². The Morgan fingerprint density at radius 1 is 1.06 bits per heavy atom. The number of H-pyrrole nitrogens is 1. The van der Waals surface area contributed by atoms with Crippen LogP contribution in [0.5, 0.6) is 0 Å². The SMILES string of the molecule is O=C(Nc1ccc(Sc2nc(Nc3ccn[nH]3)cc(N[C@H]3CN4CCC3C4)n2)cc1)C1CC1. The van der Waals surface area contributed by atoms with Crippen LogP contribution in [0.1, 0.15) is 19.3 Å². The smallest absolute Gasteiger partial charge is 0.227 e. The molecule has 0 spiro atoms. The summed E-state index contributed by atoms with van der Waals surface area (Å²) in [6.45, 7) is 3.44. The molecule has 1 aromatic carbocycles. The molecule has 170 valence electrons. The fourth-order valence-electron chi connectivity index (χ4n) is 4.51. The van der Waals surface area contributed by atoms with E-state index in [1.54, 1.807) is 6.20 Å². The zero-order valence-electron chi connectivity index (χ0n) is 18.1. The van der Waals surface area contributed by atoms with Crippen LogP contribution in [0.3, 0.4) is 0 Å². The number of fused-ring (bicyclic) bond motifs is 2. The first-order valence-corrected chi connectivity index (χ1v) is 12.2. The van der Waals surface area contributed by atoms with Crippen molar-refractivity contribution in [3.8, 4) is 0 Å². The maximum Gasteiger partial charge on any atom is 0.227 e. The summed E-state index contributed by atoms with van der Waals surface area (Å²) >= 11 is 1.50. The Kier molecular flexibility index (Phi) is 5.39. The van der Waals surface area contributed by atoms with Gasteiger partial charge in [0, 0.05) is 47.8 Å². The molecule has 1 aliphatic carbocycles. The van der Waals surface area contributed by atoms with Crippen LogP contribution in [0, 0.1) is 11.8 Å². The van der Waals surface area contributed by atoms with E-state index in [1.807, 2.05) is 36.4 Å². The van der Waals surface area contributed by atoms with E-state index in [-0.39, 0.29) is 11.8 Å². The van der Waals surface area contributed by atoms with E-state index in [2.05, 4.69) is 31.0 Å². The summed E-state index contributed by atoms with van der Waals surface area (Å²) in [5.41, 5.74) is 0.820. The third-order valence-electron chi connectivity index (χ3n) is 6.41. The van der Waals surface area contributed by atoms with Gasteiger partial charge in [-0.1, -0.05) is 0 Å². The molecule has 2 bridgehead atoms. The number of nitrogens with one attached hydrogen (secondary N) is 4. The van der Waals surface area contributed by atoms with Crippen LogP contribution in [0.2, 0.25) is 0 Å². The number of hydrogen-bond acceptors (Lipinski definition) is 8. The summed E-state index contributed by atoms with van der Waals surface area (Å²) in [4.78, 5) is 25.0. The average molecular weight is 463 g/mol. The van der Waals surface area contributed by atoms with Gasteiger partial charge in [-0.15, -0.1) is 0 Å². The zero-order valence-corrected chi connectivity index (χ0v) is 18.9. The van der Waals surface area contributed by atoms with Crippen molar-refractivity contribution >= 4 is 40.8 Å². The van der Waals surface area contributed by atoms with Gasteiger partial charge in [-0.25, -0.2) is 9.97 Å². The summed E-state index contributed by atoms with van der Waals surface area (Å²) in [7, 11) is 0. The van der Waals surface area contributed by atoms with Gasteiger partial charge in [0.25, 0.3) is 0 Å². The second-order valence-electron chi connectivity index (χ2n) is 8.97. The third kappa shape index (κ3) is 4.81. The lowest BCUT2D eigenvalue weighted by molar-refractivity contribution is -0.117. The number of aromatic amines is 1. The lowest BCUT2D eigenvalue weighted by atomic mass is 10.0. The Labute approximate surface area is 196 Å². The number of amides is 1.